The second-order valence-electron chi connectivity index (χ2n) is 6.46. The first-order valence-electron chi connectivity index (χ1n) is 8.17. The summed E-state index contributed by atoms with van der Waals surface area (Å²) in [7, 11) is 0. The van der Waals surface area contributed by atoms with Crippen molar-refractivity contribution in [2.45, 2.75) is 32.0 Å². The minimum Gasteiger partial charge on any atom is -0.390 e. The molecule has 2 N–H and O–H groups in total. The minimum atomic E-state index is -0.0873. The van der Waals surface area contributed by atoms with Gasteiger partial charge in [-0.25, -0.2) is 4.98 Å². The molecule has 3 aliphatic heterocycles. The Bertz CT molecular complexity index is 703. The van der Waals surface area contributed by atoms with Gasteiger partial charge in [0.25, 0.3) is 0 Å². The zero-order valence-electron chi connectivity index (χ0n) is 13.2. The number of carbonyl (C=O) groups excluding carboxylic acids is 1. The van der Waals surface area contributed by atoms with Gasteiger partial charge in [0.2, 0.25) is 5.91 Å². The topological polar surface area (TPSA) is 96.2 Å². The molecule has 0 saturated carbocycles. The van der Waals surface area contributed by atoms with Crippen molar-refractivity contribution in [3.63, 3.8) is 0 Å². The van der Waals surface area contributed by atoms with Gasteiger partial charge in [0, 0.05) is 24.2 Å². The highest BCUT2D eigenvalue weighted by atomic mass is 32.1. The Morgan fingerprint density at radius 2 is 2.42 bits per heavy atom. The molecule has 128 valence electrons. The molecule has 9 heteroatoms. The molecule has 5 rings (SSSR count). The van der Waals surface area contributed by atoms with E-state index in [4.69, 9.17) is 5.11 Å². The number of nitrogens with zero attached hydrogens (tertiary/aromatic N) is 5. The van der Waals surface area contributed by atoms with E-state index in [2.05, 4.69) is 25.5 Å². The molecule has 4 atom stereocenters. The lowest BCUT2D eigenvalue weighted by Crippen LogP contribution is -2.57. The molecular weight excluding hydrogens is 328 g/mol. The summed E-state index contributed by atoms with van der Waals surface area (Å²) in [5, 5.41) is 22.5. The average Bonchev–Trinajstić information content (AvgIpc) is 3.27. The van der Waals surface area contributed by atoms with Crippen LogP contribution in [0.5, 0.6) is 0 Å². The Labute approximate surface area is 143 Å². The zero-order chi connectivity index (χ0) is 16.5. The molecule has 3 fully saturated rings. The van der Waals surface area contributed by atoms with Gasteiger partial charge in [-0.05, 0) is 25.3 Å². The van der Waals surface area contributed by atoms with Crippen molar-refractivity contribution < 1.29 is 9.90 Å². The number of aromatic nitrogens is 4. The number of aliphatic hydroxyl groups is 1. The second-order valence-corrected chi connectivity index (χ2v) is 7.35. The molecule has 3 aliphatic rings. The standard InChI is InChI=1S/C15H20N6O2S/c22-9-11-6-21(19-18-11)7-12-5-10-1-3-20(12)8-13(10)14(23)17-15-16-2-4-24-15/h2,4,6,10,12-13,22H,1,3,5,7-9H2,(H,16,17,23)/t10-,12+,13-/m0/s1. The first-order chi connectivity index (χ1) is 11.7. The number of piperidine rings is 3. The van der Waals surface area contributed by atoms with E-state index in [0.717, 1.165) is 32.5 Å². The number of thiazole rings is 1. The Morgan fingerprint density at radius 3 is 3.08 bits per heavy atom. The van der Waals surface area contributed by atoms with Crippen molar-refractivity contribution >= 4 is 22.4 Å². The molecule has 24 heavy (non-hydrogen) atoms. The summed E-state index contributed by atoms with van der Waals surface area (Å²) >= 11 is 1.45. The summed E-state index contributed by atoms with van der Waals surface area (Å²) in [4.78, 5) is 19.0. The summed E-state index contributed by atoms with van der Waals surface area (Å²) in [5.74, 6) is 0.518. The molecular formula is C15H20N6O2S. The number of carbonyl (C=O) groups is 1. The Hall–Kier alpha value is -1.84. The number of fused-ring (bicyclic) bond motifs is 3. The number of nitrogens with one attached hydrogen (secondary N) is 1. The van der Waals surface area contributed by atoms with Crippen LogP contribution in [0.3, 0.4) is 0 Å². The Balaban J connectivity index is 1.39. The van der Waals surface area contributed by atoms with E-state index in [1.54, 1.807) is 17.1 Å². The minimum absolute atomic E-state index is 0.0302. The quantitative estimate of drug-likeness (QED) is 0.820. The van der Waals surface area contributed by atoms with Crippen LogP contribution in [0.4, 0.5) is 5.13 Å². The number of aliphatic hydroxyl groups excluding tert-OH is 1. The number of amides is 1. The summed E-state index contributed by atoms with van der Waals surface area (Å²) in [6, 6.07) is 0.376. The molecule has 0 aromatic carbocycles. The molecule has 5 heterocycles. The molecule has 1 unspecified atom stereocenters. The van der Waals surface area contributed by atoms with Crippen LogP contribution in [0.25, 0.3) is 0 Å². The third kappa shape index (κ3) is 3.06. The second kappa shape index (κ2) is 6.58. The van der Waals surface area contributed by atoms with Crippen LogP contribution >= 0.6 is 11.3 Å². The van der Waals surface area contributed by atoms with Crippen LogP contribution in [-0.4, -0.2) is 55.0 Å². The molecule has 1 amide bonds. The first kappa shape index (κ1) is 15.7. The number of hydrogen-bond acceptors (Lipinski definition) is 7. The number of rotatable bonds is 5. The smallest absolute Gasteiger partial charge is 0.230 e. The summed E-state index contributed by atoms with van der Waals surface area (Å²) in [6.07, 6.45) is 5.54. The lowest BCUT2D eigenvalue weighted by atomic mass is 9.75. The van der Waals surface area contributed by atoms with E-state index in [9.17, 15) is 4.79 Å². The van der Waals surface area contributed by atoms with Crippen LogP contribution < -0.4 is 5.32 Å². The van der Waals surface area contributed by atoms with Gasteiger partial charge >= 0.3 is 0 Å². The van der Waals surface area contributed by atoms with E-state index < -0.39 is 0 Å². The van der Waals surface area contributed by atoms with Gasteiger partial charge in [-0.1, -0.05) is 5.21 Å². The molecule has 8 nitrogen and oxygen atoms in total. The van der Waals surface area contributed by atoms with Gasteiger partial charge in [-0.3, -0.25) is 14.4 Å². The Morgan fingerprint density at radius 1 is 1.50 bits per heavy atom. The maximum Gasteiger partial charge on any atom is 0.230 e. The van der Waals surface area contributed by atoms with Crippen LogP contribution in [0.1, 0.15) is 18.5 Å². The van der Waals surface area contributed by atoms with Gasteiger partial charge in [-0.2, -0.15) is 0 Å². The fourth-order valence-corrected chi connectivity index (χ4v) is 4.36. The third-order valence-electron chi connectivity index (χ3n) is 5.02. The van der Waals surface area contributed by atoms with E-state index in [1.807, 2.05) is 5.38 Å². The first-order valence-corrected chi connectivity index (χ1v) is 9.05. The monoisotopic (exact) mass is 348 g/mol. The fraction of sp³-hybridized carbons (Fsp3) is 0.600. The molecule has 2 bridgehead atoms. The predicted octanol–water partition coefficient (Wildman–Crippen LogP) is 0.576. The molecule has 2 aromatic rings. The summed E-state index contributed by atoms with van der Waals surface area (Å²) < 4.78 is 1.79. The lowest BCUT2D eigenvalue weighted by molar-refractivity contribution is -0.127. The SMILES string of the molecule is O=C(Nc1nccs1)[C@H]1CN2CC[C@H]1C[C@@H]2Cn1cc(CO)nn1. The highest BCUT2D eigenvalue weighted by Crippen LogP contribution is 2.37. The maximum absolute atomic E-state index is 12.5. The van der Waals surface area contributed by atoms with Crippen molar-refractivity contribution in [3.8, 4) is 0 Å². The van der Waals surface area contributed by atoms with E-state index >= 15 is 0 Å². The van der Waals surface area contributed by atoms with Crippen LogP contribution in [0.15, 0.2) is 17.8 Å². The summed E-state index contributed by atoms with van der Waals surface area (Å²) in [5.41, 5.74) is 0.590. The predicted molar refractivity (Wildman–Crippen MR) is 88.3 cm³/mol. The normalized spacial score (nSPS) is 28.9. The lowest BCUT2D eigenvalue weighted by Gasteiger charge is -2.49. The van der Waals surface area contributed by atoms with Crippen LogP contribution in [-0.2, 0) is 17.9 Å². The van der Waals surface area contributed by atoms with Gasteiger partial charge in [-0.15, -0.1) is 16.4 Å². The van der Waals surface area contributed by atoms with Gasteiger partial charge in [0.1, 0.15) is 5.69 Å². The number of hydrogen-bond donors (Lipinski definition) is 2. The largest absolute Gasteiger partial charge is 0.390 e. The van der Waals surface area contributed by atoms with Crippen LogP contribution in [0, 0.1) is 11.8 Å². The van der Waals surface area contributed by atoms with Crippen molar-refractivity contribution in [1.29, 1.82) is 0 Å². The molecule has 0 spiro atoms. The zero-order valence-corrected chi connectivity index (χ0v) is 14.0. The molecule has 2 aromatic heterocycles. The van der Waals surface area contributed by atoms with Crippen LogP contribution in [0.2, 0.25) is 0 Å². The average molecular weight is 348 g/mol. The number of anilines is 1. The highest BCUT2D eigenvalue weighted by Gasteiger charge is 2.43. The summed E-state index contributed by atoms with van der Waals surface area (Å²) in [6.45, 7) is 2.48. The van der Waals surface area contributed by atoms with Gasteiger partial charge in [0.15, 0.2) is 5.13 Å². The van der Waals surface area contributed by atoms with Gasteiger partial charge in [0.05, 0.1) is 25.3 Å². The molecule has 0 aliphatic carbocycles. The fourth-order valence-electron chi connectivity index (χ4n) is 3.82. The van der Waals surface area contributed by atoms with E-state index in [1.165, 1.54) is 11.3 Å². The van der Waals surface area contributed by atoms with Crippen molar-refractivity contribution in [2.75, 3.05) is 18.4 Å². The maximum atomic E-state index is 12.5. The highest BCUT2D eigenvalue weighted by molar-refractivity contribution is 7.13. The van der Waals surface area contributed by atoms with Gasteiger partial charge < -0.3 is 10.4 Å². The van der Waals surface area contributed by atoms with Crippen molar-refractivity contribution in [3.05, 3.63) is 23.5 Å². The van der Waals surface area contributed by atoms with Crippen molar-refractivity contribution in [1.82, 2.24) is 24.9 Å². The molecule has 3 saturated heterocycles. The van der Waals surface area contributed by atoms with E-state index in [0.29, 0.717) is 22.8 Å². The Kier molecular flexibility index (Phi) is 4.30. The van der Waals surface area contributed by atoms with Crippen molar-refractivity contribution in [2.24, 2.45) is 11.8 Å². The third-order valence-corrected chi connectivity index (χ3v) is 5.71. The molecule has 0 radical (unpaired) electrons. The van der Waals surface area contributed by atoms with E-state index in [-0.39, 0.29) is 18.4 Å².